The minimum absolute atomic E-state index is 0.0140. The number of amides is 1. The van der Waals surface area contributed by atoms with Crippen molar-refractivity contribution in [1.29, 1.82) is 0 Å². The predicted molar refractivity (Wildman–Crippen MR) is 70.2 cm³/mol. The van der Waals surface area contributed by atoms with E-state index in [0.717, 1.165) is 25.7 Å². The van der Waals surface area contributed by atoms with Gasteiger partial charge in [-0.25, -0.2) is 0 Å². The number of carboxylic acids is 1. The van der Waals surface area contributed by atoms with Crippen LogP contribution in [0.5, 0.6) is 0 Å². The fourth-order valence-electron chi connectivity index (χ4n) is 2.42. The van der Waals surface area contributed by atoms with Gasteiger partial charge in [-0.15, -0.1) is 0 Å². The summed E-state index contributed by atoms with van der Waals surface area (Å²) in [5.74, 6) is -1.37. The minimum Gasteiger partial charge on any atom is -0.480 e. The molecule has 0 bridgehead atoms. The molecule has 1 aromatic heterocycles. The van der Waals surface area contributed by atoms with Crippen LogP contribution in [0.15, 0.2) is 18.5 Å². The van der Waals surface area contributed by atoms with E-state index in [1.807, 2.05) is 0 Å². The molecule has 1 heterocycles. The fraction of sp³-hybridized carbons (Fsp3) is 0.462. The second-order valence-corrected chi connectivity index (χ2v) is 5.03. The zero-order valence-electron chi connectivity index (χ0n) is 10.4. The summed E-state index contributed by atoms with van der Waals surface area (Å²) >= 11 is 5.97. The van der Waals surface area contributed by atoms with Crippen LogP contribution in [-0.4, -0.2) is 39.5 Å². The topological polar surface area (TPSA) is 70.5 Å². The van der Waals surface area contributed by atoms with Crippen LogP contribution in [0, 0.1) is 0 Å². The molecule has 0 atom stereocenters. The van der Waals surface area contributed by atoms with E-state index in [-0.39, 0.29) is 24.1 Å². The molecule has 1 saturated carbocycles. The molecule has 0 saturated heterocycles. The highest BCUT2D eigenvalue weighted by Crippen LogP contribution is 2.26. The molecule has 102 valence electrons. The van der Waals surface area contributed by atoms with Crippen LogP contribution >= 0.6 is 11.6 Å². The average molecular weight is 283 g/mol. The van der Waals surface area contributed by atoms with Gasteiger partial charge in [-0.05, 0) is 18.9 Å². The molecule has 0 aliphatic heterocycles. The summed E-state index contributed by atoms with van der Waals surface area (Å²) in [6.45, 7) is -0.297. The van der Waals surface area contributed by atoms with Crippen molar-refractivity contribution in [1.82, 2.24) is 9.88 Å². The smallest absolute Gasteiger partial charge is 0.323 e. The second kappa shape index (κ2) is 6.02. The number of aromatic nitrogens is 1. The van der Waals surface area contributed by atoms with Gasteiger partial charge in [0.15, 0.2) is 0 Å². The Labute approximate surface area is 116 Å². The third-order valence-corrected chi connectivity index (χ3v) is 3.66. The van der Waals surface area contributed by atoms with E-state index >= 15 is 0 Å². The van der Waals surface area contributed by atoms with Crippen molar-refractivity contribution in [3.8, 4) is 0 Å². The zero-order chi connectivity index (χ0) is 13.8. The molecule has 2 rings (SSSR count). The van der Waals surface area contributed by atoms with Crippen molar-refractivity contribution < 1.29 is 14.7 Å². The number of carbonyl (C=O) groups excluding carboxylic acids is 1. The molecule has 1 fully saturated rings. The molecule has 0 aromatic carbocycles. The Balaban J connectivity index is 2.24. The Bertz CT molecular complexity index is 487. The van der Waals surface area contributed by atoms with Crippen LogP contribution < -0.4 is 0 Å². The van der Waals surface area contributed by atoms with E-state index in [4.69, 9.17) is 16.7 Å². The first-order valence-corrected chi connectivity index (χ1v) is 6.59. The molecule has 1 amide bonds. The Morgan fingerprint density at radius 1 is 1.42 bits per heavy atom. The summed E-state index contributed by atoms with van der Waals surface area (Å²) in [6, 6.07) is 1.52. The predicted octanol–water partition coefficient (Wildman–Crippen LogP) is 2.20. The van der Waals surface area contributed by atoms with E-state index in [1.54, 1.807) is 0 Å². The molecule has 6 heteroatoms. The number of carbonyl (C=O) groups is 2. The summed E-state index contributed by atoms with van der Waals surface area (Å²) < 4.78 is 0. The quantitative estimate of drug-likeness (QED) is 0.919. The number of hydrogen-bond donors (Lipinski definition) is 1. The largest absolute Gasteiger partial charge is 0.480 e. The van der Waals surface area contributed by atoms with Crippen molar-refractivity contribution in [2.24, 2.45) is 0 Å². The van der Waals surface area contributed by atoms with Gasteiger partial charge in [-0.1, -0.05) is 24.4 Å². The van der Waals surface area contributed by atoms with Crippen LogP contribution in [0.3, 0.4) is 0 Å². The van der Waals surface area contributed by atoms with Gasteiger partial charge in [0, 0.05) is 18.4 Å². The molecular weight excluding hydrogens is 268 g/mol. The fourth-order valence-corrected chi connectivity index (χ4v) is 2.60. The monoisotopic (exact) mass is 282 g/mol. The lowest BCUT2D eigenvalue weighted by atomic mass is 10.1. The summed E-state index contributed by atoms with van der Waals surface area (Å²) in [5.41, 5.74) is 0.261. The van der Waals surface area contributed by atoms with Crippen molar-refractivity contribution in [2.75, 3.05) is 6.54 Å². The third-order valence-electron chi connectivity index (χ3n) is 3.33. The van der Waals surface area contributed by atoms with E-state index in [2.05, 4.69) is 4.98 Å². The first kappa shape index (κ1) is 13.8. The normalized spacial score (nSPS) is 15.4. The Hall–Kier alpha value is -1.62. The van der Waals surface area contributed by atoms with Gasteiger partial charge in [0.05, 0.1) is 10.6 Å². The number of carboxylic acid groups (broad SMARTS) is 1. The number of halogens is 1. The SMILES string of the molecule is O=C(O)CN(C(=O)c1cnccc1Cl)C1CCCC1. The van der Waals surface area contributed by atoms with Crippen molar-refractivity contribution >= 4 is 23.5 Å². The molecule has 0 spiro atoms. The number of hydrogen-bond acceptors (Lipinski definition) is 3. The maximum Gasteiger partial charge on any atom is 0.323 e. The zero-order valence-corrected chi connectivity index (χ0v) is 11.1. The van der Waals surface area contributed by atoms with Crippen LogP contribution in [0.1, 0.15) is 36.0 Å². The van der Waals surface area contributed by atoms with Crippen LogP contribution in [0.2, 0.25) is 5.02 Å². The lowest BCUT2D eigenvalue weighted by Crippen LogP contribution is -2.42. The molecule has 1 N–H and O–H groups in total. The third kappa shape index (κ3) is 3.23. The number of aliphatic carboxylic acids is 1. The first-order valence-electron chi connectivity index (χ1n) is 6.22. The molecular formula is C13H15ClN2O3. The maximum atomic E-state index is 12.4. The molecule has 19 heavy (non-hydrogen) atoms. The van der Waals surface area contributed by atoms with E-state index in [0.29, 0.717) is 5.02 Å². The highest BCUT2D eigenvalue weighted by Gasteiger charge is 2.30. The average Bonchev–Trinajstić information content (AvgIpc) is 2.89. The summed E-state index contributed by atoms with van der Waals surface area (Å²) in [4.78, 5) is 28.6. The van der Waals surface area contributed by atoms with Crippen LogP contribution in [0.25, 0.3) is 0 Å². The summed E-state index contributed by atoms with van der Waals surface area (Å²) in [6.07, 6.45) is 6.61. The lowest BCUT2D eigenvalue weighted by Gasteiger charge is -2.27. The van der Waals surface area contributed by atoms with Crippen molar-refractivity contribution in [2.45, 2.75) is 31.7 Å². The van der Waals surface area contributed by atoms with Crippen molar-refractivity contribution in [3.05, 3.63) is 29.0 Å². The van der Waals surface area contributed by atoms with Gasteiger partial charge in [0.1, 0.15) is 6.54 Å². The van der Waals surface area contributed by atoms with E-state index in [1.165, 1.54) is 23.4 Å². The van der Waals surface area contributed by atoms with Crippen molar-refractivity contribution in [3.63, 3.8) is 0 Å². The molecule has 1 aromatic rings. The first-order chi connectivity index (χ1) is 9.09. The second-order valence-electron chi connectivity index (χ2n) is 4.62. The number of nitrogens with zero attached hydrogens (tertiary/aromatic N) is 2. The number of pyridine rings is 1. The van der Waals surface area contributed by atoms with Gasteiger partial charge in [0.25, 0.3) is 5.91 Å². The highest BCUT2D eigenvalue weighted by atomic mass is 35.5. The van der Waals surface area contributed by atoms with Gasteiger partial charge in [-0.3, -0.25) is 14.6 Å². The Morgan fingerprint density at radius 2 is 2.11 bits per heavy atom. The van der Waals surface area contributed by atoms with Crippen LogP contribution in [0.4, 0.5) is 0 Å². The minimum atomic E-state index is -1.01. The van der Waals surface area contributed by atoms with Gasteiger partial charge < -0.3 is 10.0 Å². The highest BCUT2D eigenvalue weighted by molar-refractivity contribution is 6.33. The molecule has 1 aliphatic carbocycles. The molecule has 0 radical (unpaired) electrons. The van der Waals surface area contributed by atoms with E-state index < -0.39 is 5.97 Å². The molecule has 5 nitrogen and oxygen atoms in total. The van der Waals surface area contributed by atoms with Gasteiger partial charge in [-0.2, -0.15) is 0 Å². The standard InChI is InChI=1S/C13H15ClN2O3/c14-11-5-6-15-7-10(11)13(19)16(8-12(17)18)9-3-1-2-4-9/h5-7,9H,1-4,8H2,(H,17,18). The van der Waals surface area contributed by atoms with E-state index in [9.17, 15) is 9.59 Å². The molecule has 1 aliphatic rings. The number of rotatable bonds is 4. The maximum absolute atomic E-state index is 12.4. The Morgan fingerprint density at radius 3 is 2.68 bits per heavy atom. The summed E-state index contributed by atoms with van der Waals surface area (Å²) in [5, 5.41) is 9.27. The molecule has 0 unspecified atom stereocenters. The van der Waals surface area contributed by atoms with Gasteiger partial charge in [0.2, 0.25) is 0 Å². The Kier molecular flexibility index (Phi) is 4.37. The lowest BCUT2D eigenvalue weighted by molar-refractivity contribution is -0.138. The summed E-state index contributed by atoms with van der Waals surface area (Å²) in [7, 11) is 0. The van der Waals surface area contributed by atoms with Crippen LogP contribution in [-0.2, 0) is 4.79 Å². The van der Waals surface area contributed by atoms with Gasteiger partial charge >= 0.3 is 5.97 Å².